The van der Waals surface area contributed by atoms with Gasteiger partial charge in [-0.05, 0) is 32.3 Å². The van der Waals surface area contributed by atoms with Gasteiger partial charge < -0.3 is 4.74 Å². The van der Waals surface area contributed by atoms with Crippen molar-refractivity contribution in [3.63, 3.8) is 0 Å². The van der Waals surface area contributed by atoms with Crippen LogP contribution in [0.1, 0.15) is 31.7 Å². The van der Waals surface area contributed by atoms with Crippen LogP contribution in [0.3, 0.4) is 0 Å². The summed E-state index contributed by atoms with van der Waals surface area (Å²) in [6.45, 7) is 2.20. The lowest BCUT2D eigenvalue weighted by atomic mass is 9.76. The van der Waals surface area contributed by atoms with Crippen molar-refractivity contribution in [2.45, 2.75) is 38.3 Å². The number of nitrogens with one attached hydrogen (secondary N) is 1. The lowest BCUT2D eigenvalue weighted by Crippen LogP contribution is -2.62. The first-order valence-electron chi connectivity index (χ1n) is 7.08. The summed E-state index contributed by atoms with van der Waals surface area (Å²) in [4.78, 5) is 12.1. The van der Waals surface area contributed by atoms with Gasteiger partial charge in [0.05, 0.1) is 6.61 Å². The summed E-state index contributed by atoms with van der Waals surface area (Å²) in [7, 11) is 1.73. The fourth-order valence-electron chi connectivity index (χ4n) is 2.49. The van der Waals surface area contributed by atoms with E-state index in [0.29, 0.717) is 19.4 Å². The molecule has 21 heavy (non-hydrogen) atoms. The molecule has 0 bridgehead atoms. The third-order valence-electron chi connectivity index (χ3n) is 4.02. The van der Waals surface area contributed by atoms with E-state index in [0.717, 1.165) is 12.5 Å². The minimum Gasteiger partial charge on any atom is -0.465 e. The molecule has 0 radical (unpaired) electrons. The maximum absolute atomic E-state index is 13.6. The number of nitrogens with zero attached hydrogens (tertiary/aromatic N) is 1. The second kappa shape index (κ2) is 6.49. The molecule has 0 aliphatic heterocycles. The molecule has 1 N–H and O–H groups in total. The summed E-state index contributed by atoms with van der Waals surface area (Å²) < 4.78 is 31.9. The number of ether oxygens (including phenoxy) is 1. The normalized spacial score (nSPS) is 16.6. The maximum atomic E-state index is 13.6. The van der Waals surface area contributed by atoms with E-state index >= 15 is 0 Å². The first-order chi connectivity index (χ1) is 10.0. The van der Waals surface area contributed by atoms with Crippen LogP contribution < -0.4 is 5.43 Å². The van der Waals surface area contributed by atoms with Crippen LogP contribution in [0, 0.1) is 11.6 Å². The summed E-state index contributed by atoms with van der Waals surface area (Å²) in [5.41, 5.74) is 2.50. The van der Waals surface area contributed by atoms with E-state index in [9.17, 15) is 13.6 Å². The van der Waals surface area contributed by atoms with E-state index in [1.54, 1.807) is 19.0 Å². The molecule has 0 heterocycles. The minimum absolute atomic E-state index is 0.112. The topological polar surface area (TPSA) is 41.6 Å². The van der Waals surface area contributed by atoms with Gasteiger partial charge in [0, 0.05) is 19.2 Å². The number of benzene rings is 1. The highest BCUT2D eigenvalue weighted by molar-refractivity contribution is 5.81. The Labute approximate surface area is 123 Å². The van der Waals surface area contributed by atoms with Crippen LogP contribution in [-0.4, -0.2) is 30.2 Å². The molecule has 116 valence electrons. The van der Waals surface area contributed by atoms with Gasteiger partial charge in [0.25, 0.3) is 0 Å². The van der Waals surface area contributed by atoms with E-state index in [1.165, 1.54) is 12.1 Å². The number of hydrogen-bond donors (Lipinski definition) is 1. The van der Waals surface area contributed by atoms with Gasteiger partial charge in [-0.15, -0.1) is 0 Å². The van der Waals surface area contributed by atoms with Gasteiger partial charge in [-0.25, -0.2) is 24.0 Å². The zero-order chi connectivity index (χ0) is 15.5. The average Bonchev–Trinajstić information content (AvgIpc) is 2.39. The van der Waals surface area contributed by atoms with Gasteiger partial charge in [-0.2, -0.15) is 0 Å². The Hall–Kier alpha value is -1.53. The molecule has 2 rings (SSSR count). The second-order valence-corrected chi connectivity index (χ2v) is 5.21. The summed E-state index contributed by atoms with van der Waals surface area (Å²) in [5.74, 6) is -2.01. The number of likely N-dealkylation sites (N-methyl/N-ethyl adjacent to an activating group) is 1. The Morgan fingerprint density at radius 3 is 2.71 bits per heavy atom. The van der Waals surface area contributed by atoms with Gasteiger partial charge in [-0.3, -0.25) is 0 Å². The van der Waals surface area contributed by atoms with E-state index in [-0.39, 0.29) is 18.1 Å². The largest absolute Gasteiger partial charge is 0.465 e. The number of hydrazine groups is 1. The number of carbonyl (C=O) groups excluding carboxylic acids is 1. The molecule has 0 unspecified atom stereocenters. The zero-order valence-corrected chi connectivity index (χ0v) is 12.3. The lowest BCUT2D eigenvalue weighted by Gasteiger charge is -2.45. The van der Waals surface area contributed by atoms with Crippen LogP contribution in [0.25, 0.3) is 0 Å². The van der Waals surface area contributed by atoms with Crippen molar-refractivity contribution in [3.05, 3.63) is 35.4 Å². The van der Waals surface area contributed by atoms with E-state index in [1.807, 2.05) is 0 Å². The summed E-state index contributed by atoms with van der Waals surface area (Å²) in [5, 5.41) is 1.67. The first kappa shape index (κ1) is 15.9. The molecule has 1 aromatic carbocycles. The van der Waals surface area contributed by atoms with E-state index in [4.69, 9.17) is 4.74 Å². The Balaban J connectivity index is 2.02. The highest BCUT2D eigenvalue weighted by atomic mass is 19.2. The lowest BCUT2D eigenvalue weighted by molar-refractivity contribution is -0.167. The number of esters is 1. The third-order valence-corrected chi connectivity index (χ3v) is 4.02. The molecule has 0 amide bonds. The zero-order valence-electron chi connectivity index (χ0n) is 12.3. The van der Waals surface area contributed by atoms with Gasteiger partial charge in [-0.1, -0.05) is 12.1 Å². The standard InChI is InChI=1S/C15H20F2N2O2/c1-3-21-14(20)15(8-5-9-15)19(2)18-10-11-6-4-7-12(16)13(11)17/h4,6-7,18H,3,5,8-10H2,1-2H3. The Morgan fingerprint density at radius 1 is 1.43 bits per heavy atom. The quantitative estimate of drug-likeness (QED) is 0.647. The van der Waals surface area contributed by atoms with Crippen LogP contribution in [0.5, 0.6) is 0 Å². The van der Waals surface area contributed by atoms with Crippen molar-refractivity contribution >= 4 is 5.97 Å². The number of rotatable bonds is 6. The monoisotopic (exact) mass is 298 g/mol. The predicted octanol–water partition coefficient (Wildman–Crippen LogP) is 2.39. The summed E-state index contributed by atoms with van der Waals surface area (Å²) >= 11 is 0. The Kier molecular flexibility index (Phi) is 4.90. The molecule has 0 atom stereocenters. The minimum atomic E-state index is -0.874. The Bertz CT molecular complexity index is 518. The highest BCUT2D eigenvalue weighted by Gasteiger charge is 2.49. The Morgan fingerprint density at radius 2 is 2.14 bits per heavy atom. The number of carbonyl (C=O) groups is 1. The molecular formula is C15H20F2N2O2. The van der Waals surface area contributed by atoms with Crippen molar-refractivity contribution in [2.75, 3.05) is 13.7 Å². The van der Waals surface area contributed by atoms with Gasteiger partial charge in [0.2, 0.25) is 0 Å². The molecular weight excluding hydrogens is 278 g/mol. The molecule has 0 spiro atoms. The number of halogens is 2. The van der Waals surface area contributed by atoms with Crippen molar-refractivity contribution in [1.29, 1.82) is 0 Å². The van der Waals surface area contributed by atoms with Crippen LogP contribution >= 0.6 is 0 Å². The molecule has 1 aliphatic carbocycles. The molecule has 1 aliphatic rings. The van der Waals surface area contributed by atoms with Gasteiger partial charge in [0.1, 0.15) is 5.54 Å². The fraction of sp³-hybridized carbons (Fsp3) is 0.533. The molecule has 1 aromatic rings. The van der Waals surface area contributed by atoms with Crippen molar-refractivity contribution in [3.8, 4) is 0 Å². The molecule has 0 aromatic heterocycles. The fourth-order valence-corrected chi connectivity index (χ4v) is 2.49. The summed E-state index contributed by atoms with van der Waals surface area (Å²) in [6.07, 6.45) is 2.33. The van der Waals surface area contributed by atoms with Crippen molar-refractivity contribution < 1.29 is 18.3 Å². The third kappa shape index (κ3) is 3.06. The van der Waals surface area contributed by atoms with Crippen molar-refractivity contribution in [1.82, 2.24) is 10.4 Å². The van der Waals surface area contributed by atoms with E-state index in [2.05, 4.69) is 5.43 Å². The van der Waals surface area contributed by atoms with Crippen molar-refractivity contribution in [2.24, 2.45) is 0 Å². The molecule has 4 nitrogen and oxygen atoms in total. The molecule has 0 saturated heterocycles. The molecule has 6 heteroatoms. The molecule has 1 saturated carbocycles. The van der Waals surface area contributed by atoms with Gasteiger partial charge >= 0.3 is 5.97 Å². The van der Waals surface area contributed by atoms with Crippen LogP contribution in [0.4, 0.5) is 8.78 Å². The maximum Gasteiger partial charge on any atom is 0.327 e. The van der Waals surface area contributed by atoms with E-state index < -0.39 is 17.2 Å². The van der Waals surface area contributed by atoms with Gasteiger partial charge in [0.15, 0.2) is 11.6 Å². The van der Waals surface area contributed by atoms with Crippen LogP contribution in [0.2, 0.25) is 0 Å². The smallest absolute Gasteiger partial charge is 0.327 e. The van der Waals surface area contributed by atoms with Crippen LogP contribution in [0.15, 0.2) is 18.2 Å². The summed E-state index contributed by atoms with van der Waals surface area (Å²) in [6, 6.07) is 4.05. The highest BCUT2D eigenvalue weighted by Crippen LogP contribution is 2.37. The predicted molar refractivity (Wildman–Crippen MR) is 74.2 cm³/mol. The number of hydrogen-bond acceptors (Lipinski definition) is 4. The second-order valence-electron chi connectivity index (χ2n) is 5.21. The van der Waals surface area contributed by atoms with Crippen LogP contribution in [-0.2, 0) is 16.1 Å². The SMILES string of the molecule is CCOC(=O)C1(N(C)NCc2cccc(F)c2F)CCC1. The molecule has 1 fully saturated rings. The first-order valence-corrected chi connectivity index (χ1v) is 7.08. The average molecular weight is 298 g/mol.